The maximum atomic E-state index is 12.8. The molecule has 0 aliphatic carbocycles. The number of nitrogens with one attached hydrogen (secondary N) is 1. The third-order valence-electron chi connectivity index (χ3n) is 3.78. The third-order valence-corrected chi connectivity index (χ3v) is 4.10. The second-order valence-corrected chi connectivity index (χ2v) is 5.66. The number of aromatic nitrogens is 2. The predicted molar refractivity (Wildman–Crippen MR) is 98.2 cm³/mol. The van der Waals surface area contributed by atoms with Gasteiger partial charge in [0.05, 0.1) is 25.1 Å². The van der Waals surface area contributed by atoms with Crippen LogP contribution in [0.25, 0.3) is 10.9 Å². The number of methoxy groups -OCH3 is 2. The Kier molecular flexibility index (Phi) is 6.98. The lowest BCUT2D eigenvalue weighted by molar-refractivity contribution is -0.141. The molecule has 2 aromatic rings. The fraction of sp³-hybridized carbons (Fsp3) is 0.529. The Hall–Kier alpha value is -1.90. The second-order valence-electron chi connectivity index (χ2n) is 5.27. The molecule has 1 heterocycles. The number of benzene rings is 1. The third kappa shape index (κ3) is 4.39. The molecule has 1 aromatic carbocycles. The van der Waals surface area contributed by atoms with Crippen molar-refractivity contribution in [2.45, 2.75) is 33.1 Å². The lowest BCUT2D eigenvalue weighted by Crippen LogP contribution is -2.26. The maximum Gasteiger partial charge on any atom is 0.262 e. The molecule has 138 valence electrons. The number of rotatable bonds is 9. The molecule has 8 heteroatoms. The smallest absolute Gasteiger partial charge is 0.262 e. The standard InChI is InChI=1S/C17H24N2O5S/c1-5-23-15(24-6-2)7-8-19-16(20)11-9-13(21-3)14(22-4)10-12(11)18-17(19)25/h9-10,15H,5-8H2,1-4H3,(H,18,25). The van der Waals surface area contributed by atoms with Crippen LogP contribution in [0.5, 0.6) is 11.5 Å². The van der Waals surface area contributed by atoms with Crippen molar-refractivity contribution in [3.8, 4) is 11.5 Å². The zero-order valence-electron chi connectivity index (χ0n) is 15.0. The Balaban J connectivity index is 2.41. The minimum absolute atomic E-state index is 0.188. The van der Waals surface area contributed by atoms with Crippen molar-refractivity contribution in [2.24, 2.45) is 0 Å². The van der Waals surface area contributed by atoms with E-state index in [1.165, 1.54) is 11.7 Å². The van der Waals surface area contributed by atoms with Gasteiger partial charge in [-0.2, -0.15) is 0 Å². The van der Waals surface area contributed by atoms with Gasteiger partial charge in [0.2, 0.25) is 0 Å². The summed E-state index contributed by atoms with van der Waals surface area (Å²) in [6, 6.07) is 3.36. The van der Waals surface area contributed by atoms with Crippen LogP contribution >= 0.6 is 12.2 Å². The molecule has 0 aliphatic heterocycles. The zero-order chi connectivity index (χ0) is 18.4. The lowest BCUT2D eigenvalue weighted by atomic mass is 10.2. The first-order valence-electron chi connectivity index (χ1n) is 8.17. The number of H-pyrrole nitrogens is 1. The van der Waals surface area contributed by atoms with Crippen LogP contribution in [0.2, 0.25) is 0 Å². The van der Waals surface area contributed by atoms with E-state index in [1.807, 2.05) is 13.8 Å². The van der Waals surface area contributed by atoms with E-state index in [1.54, 1.807) is 19.2 Å². The fourth-order valence-electron chi connectivity index (χ4n) is 2.60. The summed E-state index contributed by atoms with van der Waals surface area (Å²) in [4.78, 5) is 15.9. The van der Waals surface area contributed by atoms with E-state index < -0.39 is 0 Å². The van der Waals surface area contributed by atoms with E-state index in [2.05, 4.69) is 4.98 Å². The minimum atomic E-state index is -0.364. The Bertz CT molecular complexity index is 824. The molecule has 0 atom stereocenters. The molecule has 0 saturated carbocycles. The predicted octanol–water partition coefficient (Wildman–Crippen LogP) is 2.87. The van der Waals surface area contributed by atoms with Crippen molar-refractivity contribution in [3.63, 3.8) is 0 Å². The summed E-state index contributed by atoms with van der Waals surface area (Å²) in [7, 11) is 3.07. The number of aromatic amines is 1. The van der Waals surface area contributed by atoms with Gasteiger partial charge < -0.3 is 23.9 Å². The van der Waals surface area contributed by atoms with Gasteiger partial charge in [-0.15, -0.1) is 0 Å². The van der Waals surface area contributed by atoms with Gasteiger partial charge in [0.15, 0.2) is 22.6 Å². The molecule has 0 aliphatic rings. The molecule has 7 nitrogen and oxygen atoms in total. The number of nitrogens with zero attached hydrogens (tertiary/aromatic N) is 1. The molecule has 0 bridgehead atoms. The summed E-state index contributed by atoms with van der Waals surface area (Å²) in [6.07, 6.45) is 0.162. The van der Waals surface area contributed by atoms with Gasteiger partial charge in [0.1, 0.15) is 0 Å². The zero-order valence-corrected chi connectivity index (χ0v) is 15.8. The van der Waals surface area contributed by atoms with Crippen LogP contribution in [0.1, 0.15) is 20.3 Å². The van der Waals surface area contributed by atoms with Crippen molar-refractivity contribution in [3.05, 3.63) is 27.3 Å². The van der Waals surface area contributed by atoms with E-state index >= 15 is 0 Å². The van der Waals surface area contributed by atoms with Crippen LogP contribution in [0.3, 0.4) is 0 Å². The topological polar surface area (TPSA) is 74.7 Å². The average molecular weight is 368 g/mol. The quantitative estimate of drug-likeness (QED) is 0.542. The largest absolute Gasteiger partial charge is 0.493 e. The SMILES string of the molecule is CCOC(CCn1c(=S)[nH]c2cc(OC)c(OC)cc2c1=O)OCC. The van der Waals surface area contributed by atoms with Gasteiger partial charge >= 0.3 is 0 Å². The van der Waals surface area contributed by atoms with Crippen molar-refractivity contribution in [2.75, 3.05) is 27.4 Å². The molecule has 0 radical (unpaired) electrons. The van der Waals surface area contributed by atoms with Gasteiger partial charge in [-0.25, -0.2) is 0 Å². The number of ether oxygens (including phenoxy) is 4. The van der Waals surface area contributed by atoms with Crippen LogP contribution in [0.4, 0.5) is 0 Å². The first-order valence-corrected chi connectivity index (χ1v) is 8.58. The molecule has 25 heavy (non-hydrogen) atoms. The van der Waals surface area contributed by atoms with Crippen molar-refractivity contribution in [1.82, 2.24) is 9.55 Å². The Morgan fingerprint density at radius 2 is 1.72 bits per heavy atom. The molecule has 0 fully saturated rings. The highest BCUT2D eigenvalue weighted by Crippen LogP contribution is 2.29. The van der Waals surface area contributed by atoms with Crippen LogP contribution in [-0.4, -0.2) is 43.3 Å². The van der Waals surface area contributed by atoms with Crippen molar-refractivity contribution < 1.29 is 18.9 Å². The highest BCUT2D eigenvalue weighted by Gasteiger charge is 2.14. The molecular formula is C17H24N2O5S. The van der Waals surface area contributed by atoms with Crippen LogP contribution in [0.15, 0.2) is 16.9 Å². The van der Waals surface area contributed by atoms with Gasteiger partial charge in [0, 0.05) is 32.2 Å². The van der Waals surface area contributed by atoms with Gasteiger partial charge in [0.25, 0.3) is 5.56 Å². The molecule has 0 saturated heterocycles. The molecule has 0 spiro atoms. The summed E-state index contributed by atoms with van der Waals surface area (Å²) < 4.78 is 23.4. The first kappa shape index (κ1) is 19.4. The van der Waals surface area contributed by atoms with E-state index in [4.69, 9.17) is 31.2 Å². The fourth-order valence-corrected chi connectivity index (χ4v) is 2.89. The normalized spacial score (nSPS) is 11.2. The highest BCUT2D eigenvalue weighted by molar-refractivity contribution is 7.71. The minimum Gasteiger partial charge on any atom is -0.493 e. The van der Waals surface area contributed by atoms with E-state index in [0.717, 1.165) is 0 Å². The molecule has 2 rings (SSSR count). The molecular weight excluding hydrogens is 344 g/mol. The number of hydrogen-bond acceptors (Lipinski definition) is 6. The number of fused-ring (bicyclic) bond motifs is 1. The monoisotopic (exact) mass is 368 g/mol. The Labute approximate surface area is 151 Å². The molecule has 1 aromatic heterocycles. The van der Waals surface area contributed by atoms with Gasteiger partial charge in [-0.05, 0) is 32.1 Å². The van der Waals surface area contributed by atoms with Crippen LogP contribution < -0.4 is 15.0 Å². The van der Waals surface area contributed by atoms with E-state index in [9.17, 15) is 4.79 Å². The van der Waals surface area contributed by atoms with E-state index in [-0.39, 0.29) is 11.8 Å². The summed E-state index contributed by atoms with van der Waals surface area (Å²) in [5.74, 6) is 1.02. The highest BCUT2D eigenvalue weighted by atomic mass is 32.1. The second kappa shape index (κ2) is 8.98. The Morgan fingerprint density at radius 1 is 1.12 bits per heavy atom. The summed E-state index contributed by atoms with van der Waals surface area (Å²) in [5.41, 5.74) is 0.418. The molecule has 1 N–H and O–H groups in total. The van der Waals surface area contributed by atoms with Gasteiger partial charge in [-0.3, -0.25) is 9.36 Å². The van der Waals surface area contributed by atoms with Gasteiger partial charge in [-0.1, -0.05) is 0 Å². The summed E-state index contributed by atoms with van der Waals surface area (Å²) in [6.45, 7) is 5.28. The Morgan fingerprint density at radius 3 is 2.28 bits per heavy atom. The lowest BCUT2D eigenvalue weighted by Gasteiger charge is -2.17. The molecule has 0 amide bonds. The maximum absolute atomic E-state index is 12.8. The van der Waals surface area contributed by atoms with E-state index in [0.29, 0.717) is 53.4 Å². The van der Waals surface area contributed by atoms with Crippen molar-refractivity contribution >= 4 is 23.1 Å². The summed E-state index contributed by atoms with van der Waals surface area (Å²) >= 11 is 5.34. The van der Waals surface area contributed by atoms with Crippen LogP contribution in [-0.2, 0) is 16.0 Å². The molecule has 0 unspecified atom stereocenters. The first-order chi connectivity index (χ1) is 12.0. The van der Waals surface area contributed by atoms with Crippen LogP contribution in [0, 0.1) is 4.77 Å². The average Bonchev–Trinajstić information content (AvgIpc) is 2.60. The number of hydrogen-bond donors (Lipinski definition) is 1. The van der Waals surface area contributed by atoms with Crippen molar-refractivity contribution in [1.29, 1.82) is 0 Å². The summed E-state index contributed by atoms with van der Waals surface area (Å²) in [5, 5.41) is 0.482.